The monoisotopic (exact) mass is 529 g/mol. The van der Waals surface area contributed by atoms with Crippen molar-refractivity contribution in [2.75, 3.05) is 18.6 Å². The minimum Gasteiger partial charge on any atom is -0.456 e. The van der Waals surface area contributed by atoms with Gasteiger partial charge in [0.1, 0.15) is 6.04 Å². The van der Waals surface area contributed by atoms with E-state index in [2.05, 4.69) is 10.8 Å². The van der Waals surface area contributed by atoms with Crippen molar-refractivity contribution in [2.45, 2.75) is 23.8 Å². The van der Waals surface area contributed by atoms with Crippen LogP contribution in [0.15, 0.2) is 71.6 Å². The molecule has 0 radical (unpaired) electrons. The van der Waals surface area contributed by atoms with Crippen molar-refractivity contribution in [1.82, 2.24) is 4.72 Å². The Balaban J connectivity index is 1.43. The number of thioether (sulfide) groups is 1. The van der Waals surface area contributed by atoms with Gasteiger partial charge in [-0.3, -0.25) is 9.59 Å². The molecular weight excluding hydrogens is 506 g/mol. The van der Waals surface area contributed by atoms with Gasteiger partial charge < -0.3 is 4.74 Å². The number of ether oxygens (including phenoxy) is 1. The maximum atomic E-state index is 12.8. The smallest absolute Gasteiger partial charge is 0.324 e. The first-order chi connectivity index (χ1) is 16.8. The van der Waals surface area contributed by atoms with Crippen LogP contribution in [0.3, 0.4) is 0 Å². The second-order valence-corrected chi connectivity index (χ2v) is 11.3. The Bertz CT molecular complexity index is 1360. The molecular formula is C26H24ClNO5S2. The fourth-order valence-corrected chi connectivity index (χ4v) is 5.76. The molecule has 1 aliphatic carbocycles. The van der Waals surface area contributed by atoms with E-state index in [1.807, 2.05) is 36.6 Å². The van der Waals surface area contributed by atoms with Crippen LogP contribution in [0.5, 0.6) is 0 Å². The lowest BCUT2D eigenvalue weighted by atomic mass is 10.0. The standard InChI is InChI=1S/C26H24ClNO5S2/c1-34-13-12-24(28-35(31,32)21-10-8-20(27)9-11-21)26(30)33-16-25(29)19-7-6-18-14-17-4-2-3-5-22(17)23(18)15-19/h2-11,15,24,28H,12-14,16H2,1H3/t24-/m1/s1. The van der Waals surface area contributed by atoms with Gasteiger partial charge in [0.2, 0.25) is 10.0 Å². The van der Waals surface area contributed by atoms with Crippen molar-refractivity contribution >= 4 is 45.1 Å². The van der Waals surface area contributed by atoms with Gasteiger partial charge in [-0.2, -0.15) is 16.5 Å². The molecule has 0 fully saturated rings. The molecule has 1 atom stereocenters. The van der Waals surface area contributed by atoms with Gasteiger partial charge >= 0.3 is 5.97 Å². The zero-order valence-corrected chi connectivity index (χ0v) is 21.4. The van der Waals surface area contributed by atoms with E-state index in [-0.39, 0.29) is 17.1 Å². The largest absolute Gasteiger partial charge is 0.456 e. The van der Waals surface area contributed by atoms with Crippen molar-refractivity contribution in [3.63, 3.8) is 0 Å². The predicted molar refractivity (Wildman–Crippen MR) is 139 cm³/mol. The Labute approximate surface area is 214 Å². The second-order valence-electron chi connectivity index (χ2n) is 8.15. The summed E-state index contributed by atoms with van der Waals surface area (Å²) < 4.78 is 33.2. The zero-order chi connectivity index (χ0) is 25.0. The number of sulfonamides is 1. The Morgan fingerprint density at radius 1 is 1.03 bits per heavy atom. The summed E-state index contributed by atoms with van der Waals surface area (Å²) in [5.74, 6) is -0.618. The van der Waals surface area contributed by atoms with Crippen LogP contribution in [-0.4, -0.2) is 44.8 Å². The van der Waals surface area contributed by atoms with Crippen LogP contribution < -0.4 is 4.72 Å². The summed E-state index contributed by atoms with van der Waals surface area (Å²) >= 11 is 7.31. The molecule has 0 saturated heterocycles. The molecule has 4 rings (SSSR count). The van der Waals surface area contributed by atoms with Gasteiger partial charge in [-0.1, -0.05) is 48.0 Å². The number of fused-ring (bicyclic) bond motifs is 3. The number of benzene rings is 3. The highest BCUT2D eigenvalue weighted by Gasteiger charge is 2.28. The number of rotatable bonds is 10. The molecule has 3 aromatic rings. The summed E-state index contributed by atoms with van der Waals surface area (Å²) in [6, 6.07) is 18.0. The van der Waals surface area contributed by atoms with Crippen LogP contribution in [0.2, 0.25) is 5.02 Å². The Morgan fingerprint density at radius 2 is 1.74 bits per heavy atom. The topological polar surface area (TPSA) is 89.5 Å². The van der Waals surface area contributed by atoms with Gasteiger partial charge in [0.15, 0.2) is 12.4 Å². The molecule has 0 aromatic heterocycles. The van der Waals surface area contributed by atoms with Crippen LogP contribution in [0.4, 0.5) is 0 Å². The van der Waals surface area contributed by atoms with Gasteiger partial charge in [-0.25, -0.2) is 8.42 Å². The van der Waals surface area contributed by atoms with E-state index in [4.69, 9.17) is 16.3 Å². The normalized spacial score (nSPS) is 13.1. The third-order valence-corrected chi connectivity index (χ3v) is 8.17. The van der Waals surface area contributed by atoms with Gasteiger partial charge in [-0.05, 0) is 77.4 Å². The molecule has 1 N–H and O–H groups in total. The number of nitrogens with one attached hydrogen (secondary N) is 1. The molecule has 0 amide bonds. The highest BCUT2D eigenvalue weighted by atomic mass is 35.5. The maximum Gasteiger partial charge on any atom is 0.324 e. The molecule has 0 saturated carbocycles. The van der Waals surface area contributed by atoms with Crippen LogP contribution in [0.25, 0.3) is 11.1 Å². The number of hydrogen-bond donors (Lipinski definition) is 1. The molecule has 0 heterocycles. The highest BCUT2D eigenvalue weighted by Crippen LogP contribution is 2.36. The predicted octanol–water partition coefficient (Wildman–Crippen LogP) is 4.74. The molecule has 6 nitrogen and oxygen atoms in total. The van der Waals surface area contributed by atoms with Crippen LogP contribution in [0.1, 0.15) is 27.9 Å². The Kier molecular flexibility index (Phi) is 7.96. The van der Waals surface area contributed by atoms with Crippen molar-refractivity contribution in [3.05, 3.63) is 88.4 Å². The lowest BCUT2D eigenvalue weighted by molar-refractivity contribution is -0.144. The van der Waals surface area contributed by atoms with Crippen molar-refractivity contribution in [1.29, 1.82) is 0 Å². The average Bonchev–Trinajstić information content (AvgIpc) is 3.23. The van der Waals surface area contributed by atoms with E-state index >= 15 is 0 Å². The fourth-order valence-electron chi connectivity index (χ4n) is 3.95. The van der Waals surface area contributed by atoms with Gasteiger partial charge in [0.05, 0.1) is 4.90 Å². The van der Waals surface area contributed by atoms with E-state index in [1.165, 1.54) is 41.6 Å². The van der Waals surface area contributed by atoms with E-state index in [9.17, 15) is 18.0 Å². The number of esters is 1. The second kappa shape index (κ2) is 11.0. The third kappa shape index (κ3) is 5.95. The fraction of sp³-hybridized carbons (Fsp3) is 0.231. The van der Waals surface area contributed by atoms with E-state index in [1.54, 1.807) is 6.07 Å². The molecule has 35 heavy (non-hydrogen) atoms. The third-order valence-electron chi connectivity index (χ3n) is 5.78. The number of hydrogen-bond acceptors (Lipinski definition) is 6. The van der Waals surface area contributed by atoms with Gasteiger partial charge in [0, 0.05) is 10.6 Å². The SMILES string of the molecule is CSCC[C@@H](NS(=O)(=O)c1ccc(Cl)cc1)C(=O)OCC(=O)c1ccc2c(c1)-c1ccccc1C2. The first kappa shape index (κ1) is 25.4. The Morgan fingerprint density at radius 3 is 2.49 bits per heavy atom. The summed E-state index contributed by atoms with van der Waals surface area (Å²) in [6.45, 7) is -0.474. The van der Waals surface area contributed by atoms with E-state index in [0.29, 0.717) is 16.3 Å². The summed E-state index contributed by atoms with van der Waals surface area (Å²) in [7, 11) is -3.98. The summed E-state index contributed by atoms with van der Waals surface area (Å²) in [5, 5.41) is 0.399. The highest BCUT2D eigenvalue weighted by molar-refractivity contribution is 7.98. The lowest BCUT2D eigenvalue weighted by Crippen LogP contribution is -2.42. The van der Waals surface area contributed by atoms with E-state index in [0.717, 1.165) is 23.1 Å². The Hall–Kier alpha value is -2.65. The summed E-state index contributed by atoms with van der Waals surface area (Å²) in [4.78, 5) is 25.6. The average molecular weight is 530 g/mol. The molecule has 0 aliphatic heterocycles. The number of carbonyl (C=O) groups is 2. The molecule has 1 aliphatic rings. The molecule has 3 aromatic carbocycles. The number of halogens is 1. The van der Waals surface area contributed by atoms with Crippen LogP contribution in [-0.2, 0) is 26.0 Å². The minimum atomic E-state index is -3.98. The van der Waals surface area contributed by atoms with Gasteiger partial charge in [-0.15, -0.1) is 0 Å². The molecule has 0 unspecified atom stereocenters. The van der Waals surface area contributed by atoms with Gasteiger partial charge in [0.25, 0.3) is 0 Å². The zero-order valence-electron chi connectivity index (χ0n) is 19.0. The lowest BCUT2D eigenvalue weighted by Gasteiger charge is -2.17. The first-order valence-electron chi connectivity index (χ1n) is 11.0. The van der Waals surface area contributed by atoms with Crippen molar-refractivity contribution in [3.8, 4) is 11.1 Å². The summed E-state index contributed by atoms with van der Waals surface area (Å²) in [5.41, 5.74) is 4.90. The quantitative estimate of drug-likeness (QED) is 0.236. The molecule has 0 bridgehead atoms. The summed E-state index contributed by atoms with van der Waals surface area (Å²) in [6.07, 6.45) is 2.89. The van der Waals surface area contributed by atoms with Crippen molar-refractivity contribution in [2.24, 2.45) is 0 Å². The van der Waals surface area contributed by atoms with Crippen LogP contribution >= 0.6 is 23.4 Å². The minimum absolute atomic E-state index is 0.0154. The molecule has 0 spiro atoms. The molecule has 9 heteroatoms. The van der Waals surface area contributed by atoms with Crippen molar-refractivity contribution < 1.29 is 22.7 Å². The van der Waals surface area contributed by atoms with Crippen LogP contribution in [0, 0.1) is 0 Å². The first-order valence-corrected chi connectivity index (χ1v) is 14.2. The maximum absolute atomic E-state index is 12.8. The number of carbonyl (C=O) groups excluding carboxylic acids is 2. The number of Topliss-reactive ketones (excluding diaryl/α,β-unsaturated/α-hetero) is 1. The molecule has 182 valence electrons. The van der Waals surface area contributed by atoms with E-state index < -0.39 is 28.6 Å². The number of ketones is 1.